The number of aliphatic carboxylic acids is 4. The minimum atomic E-state index is -1.84. The number of anilines is 1. The number of carboxylic acids is 4. The molecule has 752 valence electrons. The van der Waals surface area contributed by atoms with Gasteiger partial charge >= 0.3 is 23.9 Å². The van der Waals surface area contributed by atoms with Crippen molar-refractivity contribution < 1.29 is 117 Å². The van der Waals surface area contributed by atoms with Crippen LogP contribution in [0.1, 0.15) is 143 Å². The molecule has 2 aliphatic heterocycles. The second kappa shape index (κ2) is 54.8. The van der Waals surface area contributed by atoms with E-state index < -0.39 is 187 Å². The smallest absolute Gasteiger partial charge is 0.320 e. The summed E-state index contributed by atoms with van der Waals surface area (Å²) in [5.74, 6) is -15.7. The van der Waals surface area contributed by atoms with Gasteiger partial charge in [0.1, 0.15) is 78.0 Å². The number of rotatable bonds is 54. The molecule has 12 amide bonds. The number of aliphatic hydroxyl groups is 2. The highest BCUT2D eigenvalue weighted by Gasteiger charge is 2.40. The average Bonchev–Trinajstić information content (AvgIpc) is 1.66. The van der Waals surface area contributed by atoms with Gasteiger partial charge in [-0.05, 0) is 134 Å². The molecule has 6 aromatic rings. The Labute approximate surface area is 803 Å². The Kier molecular flexibility index (Phi) is 42.8. The Balaban J connectivity index is 0.808. The molecule has 0 spiro atoms. The molecule has 0 radical (unpaired) electrons. The zero-order valence-corrected chi connectivity index (χ0v) is 78.1. The van der Waals surface area contributed by atoms with Crippen molar-refractivity contribution in [2.24, 2.45) is 28.4 Å². The molecule has 23 N–H and O–H groups in total. The van der Waals surface area contributed by atoms with Gasteiger partial charge in [-0.15, -0.1) is 0 Å². The number of nitrogens with one attached hydrogen (secondary N) is 12. The number of phenols is 1. The maximum atomic E-state index is 15.0. The van der Waals surface area contributed by atoms with Crippen molar-refractivity contribution in [1.82, 2.24) is 78.2 Å². The van der Waals surface area contributed by atoms with Crippen LogP contribution in [-0.4, -0.2) is 315 Å². The van der Waals surface area contributed by atoms with Crippen molar-refractivity contribution in [2.75, 3.05) is 97.3 Å². The van der Waals surface area contributed by atoms with Crippen LogP contribution in [0.4, 0.5) is 5.69 Å². The fourth-order valence-corrected chi connectivity index (χ4v) is 16.8. The van der Waals surface area contributed by atoms with Crippen molar-refractivity contribution in [2.45, 2.75) is 196 Å². The van der Waals surface area contributed by atoms with Gasteiger partial charge in [-0.25, -0.2) is 0 Å². The number of nitrogens with two attached hydrogens (primary N) is 2. The third-order valence-electron chi connectivity index (χ3n) is 24.5. The number of hydrazone groups is 1. The number of benzene rings is 5. The Morgan fingerprint density at radius 1 is 0.518 bits per heavy atom. The van der Waals surface area contributed by atoms with Gasteiger partial charge in [-0.2, -0.15) is 5.10 Å². The van der Waals surface area contributed by atoms with Crippen LogP contribution in [0.3, 0.4) is 0 Å². The molecule has 0 bridgehead atoms. The monoisotopic (exact) mass is 1930 g/mol. The van der Waals surface area contributed by atoms with Gasteiger partial charge in [0, 0.05) is 107 Å². The summed E-state index contributed by atoms with van der Waals surface area (Å²) in [6.07, 6.45) is 4.62. The number of aromatic nitrogens is 1. The van der Waals surface area contributed by atoms with E-state index in [4.69, 9.17) is 21.3 Å². The van der Waals surface area contributed by atoms with Crippen molar-refractivity contribution >= 4 is 117 Å². The average molecular weight is 1930 g/mol. The second-order valence-corrected chi connectivity index (χ2v) is 35.2. The number of hydrogen-bond donors (Lipinski definition) is 21. The lowest BCUT2D eigenvalue weighted by Gasteiger charge is -2.30. The molecule has 139 heavy (non-hydrogen) atoms. The van der Waals surface area contributed by atoms with Crippen LogP contribution in [-0.2, 0) is 91.2 Å². The van der Waals surface area contributed by atoms with Crippen LogP contribution in [0.25, 0.3) is 10.9 Å². The van der Waals surface area contributed by atoms with Gasteiger partial charge in [-0.1, -0.05) is 125 Å². The third-order valence-corrected chi connectivity index (χ3v) is 24.5. The number of primary amides is 1. The molecular weight excluding hydrogens is 1800 g/mol. The van der Waals surface area contributed by atoms with Gasteiger partial charge in [0.2, 0.25) is 65.0 Å². The molecule has 43 heteroatoms. The van der Waals surface area contributed by atoms with Crippen LogP contribution in [0, 0.1) is 11.8 Å². The maximum Gasteiger partial charge on any atom is 0.320 e. The van der Waals surface area contributed by atoms with E-state index in [9.17, 15) is 112 Å². The number of fused-ring (bicyclic) bond motifs is 1. The highest BCUT2D eigenvalue weighted by Crippen LogP contribution is 2.31. The van der Waals surface area contributed by atoms with Gasteiger partial charge in [-0.3, -0.25) is 96.4 Å². The quantitative estimate of drug-likeness (QED) is 0.0216. The molecule has 1 aromatic heterocycles. The van der Waals surface area contributed by atoms with Crippen molar-refractivity contribution in [3.63, 3.8) is 0 Å². The molecule has 2 fully saturated rings. The summed E-state index contributed by atoms with van der Waals surface area (Å²) in [6, 6.07) is 18.4. The third kappa shape index (κ3) is 34.3. The molecular formula is C96H129N19O24. The first kappa shape index (κ1) is 109. The summed E-state index contributed by atoms with van der Waals surface area (Å²) in [7, 11) is 1.51. The number of carboxylic acid groups (broad SMARTS) is 4. The van der Waals surface area contributed by atoms with E-state index in [0.717, 1.165) is 19.3 Å². The summed E-state index contributed by atoms with van der Waals surface area (Å²) >= 11 is 0. The largest absolute Gasteiger partial charge is 0.508 e. The Morgan fingerprint density at radius 3 is 1.65 bits per heavy atom. The second-order valence-electron chi connectivity index (χ2n) is 35.2. The number of aliphatic hydroxyl groups excluding tert-OH is 2. The number of carbonyl (C=O) groups is 16. The lowest BCUT2D eigenvalue weighted by molar-refractivity contribution is -0.144. The molecule has 3 heterocycles. The molecule has 3 aliphatic rings. The van der Waals surface area contributed by atoms with E-state index in [0.29, 0.717) is 76.0 Å². The summed E-state index contributed by atoms with van der Waals surface area (Å²) in [5.41, 5.74) is 15.5. The minimum absolute atomic E-state index is 0.0135. The number of hydrogen-bond acceptors (Lipinski definition) is 26. The van der Waals surface area contributed by atoms with E-state index in [1.54, 1.807) is 143 Å². The number of unbranched alkanes of at least 4 members (excludes halogenated alkanes) is 2. The van der Waals surface area contributed by atoms with Crippen LogP contribution in [0.2, 0.25) is 0 Å². The van der Waals surface area contributed by atoms with E-state index in [2.05, 4.69) is 63.5 Å². The van der Waals surface area contributed by atoms with E-state index in [-0.39, 0.29) is 153 Å². The Hall–Kier alpha value is -14.0. The Morgan fingerprint density at radius 2 is 1.06 bits per heavy atom. The SMILES string of the molecule is COc1ccc(N2N=C(c3ccc(C(=O)NCCC(C(=O)O)N4CCN(CC(=O)O)CCN(CC(=O)O)CC4)cc3)CC2C(=O)NCCCCCC(=O)N[C@H](CC(=O)O)C(=O)N[C@H](CC2CCCCC2)C(=O)N[C@H](Cc2ccccc2)C(=O)N[C@@H](CO)C(=O)N[C@@H](CCCN)C(=O)N[C@H](Cc2ccc(O)cc2)C(=O)N[C@@H](C(=O)N[C@H](Cc2c[nH]c3ccccc23)C(=O)N[C@H](CO)C(N)=O)C(C)C)cc1. The lowest BCUT2D eigenvalue weighted by Crippen LogP contribution is -2.62. The van der Waals surface area contributed by atoms with Gasteiger partial charge in [0.25, 0.3) is 5.91 Å². The van der Waals surface area contributed by atoms with Crippen LogP contribution >= 0.6 is 0 Å². The molecule has 5 aromatic carbocycles. The number of ether oxygens (including phenoxy) is 1. The van der Waals surface area contributed by atoms with Crippen LogP contribution in [0.15, 0.2) is 139 Å². The molecule has 9 rings (SSSR count). The first-order chi connectivity index (χ1) is 66.6. The minimum Gasteiger partial charge on any atom is -0.508 e. The number of aromatic amines is 1. The summed E-state index contributed by atoms with van der Waals surface area (Å²) in [4.78, 5) is 227. The molecule has 11 atom stereocenters. The molecule has 1 aliphatic carbocycles. The topological polar surface area (TPSA) is 649 Å². The van der Waals surface area contributed by atoms with Crippen molar-refractivity contribution in [3.05, 3.63) is 161 Å². The normalized spacial score (nSPS) is 16.6. The first-order valence-corrected chi connectivity index (χ1v) is 46.7. The number of H-pyrrole nitrogens is 1. The number of nitrogens with zero attached hydrogens (tertiary/aromatic N) is 5. The molecule has 1 saturated carbocycles. The van der Waals surface area contributed by atoms with Crippen LogP contribution in [0.5, 0.6) is 11.5 Å². The van der Waals surface area contributed by atoms with E-state index >= 15 is 0 Å². The fourth-order valence-electron chi connectivity index (χ4n) is 16.8. The highest BCUT2D eigenvalue weighted by atomic mass is 16.5. The predicted octanol–water partition coefficient (Wildman–Crippen LogP) is -0.395. The fraction of sp³-hybridized carbons (Fsp3) is 0.490. The van der Waals surface area contributed by atoms with E-state index in [1.165, 1.54) is 31.4 Å². The highest BCUT2D eigenvalue weighted by molar-refractivity contribution is 6.08. The van der Waals surface area contributed by atoms with E-state index in [1.807, 2.05) is 0 Å². The zero-order valence-electron chi connectivity index (χ0n) is 78.1. The lowest BCUT2D eigenvalue weighted by atomic mass is 9.84. The number of para-hydroxylation sites is 1. The molecule has 2 unspecified atom stereocenters. The van der Waals surface area contributed by atoms with Gasteiger partial charge in [0.05, 0.1) is 51.2 Å². The number of carbonyl (C=O) groups excluding carboxylic acids is 12. The van der Waals surface area contributed by atoms with Crippen LogP contribution < -0.4 is 79.7 Å². The van der Waals surface area contributed by atoms with Gasteiger partial charge < -0.3 is 115 Å². The number of aromatic hydroxyl groups is 1. The summed E-state index contributed by atoms with van der Waals surface area (Å²) in [5, 5.41) is 107. The molecule has 1 saturated heterocycles. The summed E-state index contributed by atoms with van der Waals surface area (Å²) in [6.45, 7) is 2.01. The van der Waals surface area contributed by atoms with Gasteiger partial charge in [0.15, 0.2) is 0 Å². The standard InChI is InChI=1S/C96H129N19O24/c1-57(2)84(95(136)107-74(90(131)108-76(55-116)85(98)126)49-63-52-101-68-21-13-12-20-67(63)68)110-92(133)73(48-60-24-32-65(118)33-25-60)104-87(128)69(22-15-37-97)103-93(134)77(56-117)109-89(130)72(47-59-18-9-5-10-19-59)105-88(129)71(46-58-16-7-4-8-17-58)106-91(132)75(51-81(120)121)102-80(119)23-11-6-14-38-99-94(135)79-50-70(111-115(79)64-30-34-66(139-3)35-31-64)61-26-28-62(29-27-61)86(127)100-39-36-78(96(137)138)114-44-42-112(53-82(122)123)40-41-113(43-45-114)54-83(124)125/h5,9-10,12-13,18-21,24-35,52,57-58,69,71-79,84,101,116-118H,4,6-8,11,14-17,22-23,36-51,53-56,97H2,1-3H3,(H2,98,126)(H,99,135)(H,100,127)(H,102,119)(H,103,134)(H,104,128)(H,105,129)(H,106,132)(H,107,136)(H,108,131)(H,109,130)(H,110,133)(H,120,121)(H,122,123)(H,124,125)(H,137,138)/t69-,71+,72+,73+,74+,75+,76+,77-,78?,79?,84+/m0/s1. The summed E-state index contributed by atoms with van der Waals surface area (Å²) < 4.78 is 5.38. The Bertz CT molecular complexity index is 5190. The molecule has 43 nitrogen and oxygen atoms in total. The maximum absolute atomic E-state index is 15.0. The number of methoxy groups -OCH3 is 1. The zero-order chi connectivity index (χ0) is 101. The van der Waals surface area contributed by atoms with Crippen molar-refractivity contribution in [3.8, 4) is 11.5 Å². The first-order valence-electron chi connectivity index (χ1n) is 46.7. The predicted molar refractivity (Wildman–Crippen MR) is 508 cm³/mol. The number of phenolic OH excluding ortho intramolecular Hbond substituents is 1. The van der Waals surface area contributed by atoms with Crippen molar-refractivity contribution in [1.29, 1.82) is 0 Å². The number of amides is 12.